The van der Waals surface area contributed by atoms with Crippen molar-refractivity contribution in [2.75, 3.05) is 50.6 Å². The molecule has 336 valence electrons. The Hall–Kier alpha value is -6.37. The fraction of sp³-hybridized carbons (Fsp3) is 0.293. The van der Waals surface area contributed by atoms with Crippen LogP contribution in [0.5, 0.6) is 11.5 Å². The highest BCUT2D eigenvalue weighted by molar-refractivity contribution is 8.02. The van der Waals surface area contributed by atoms with Gasteiger partial charge in [0.25, 0.3) is 0 Å². The van der Waals surface area contributed by atoms with Gasteiger partial charge in [0.15, 0.2) is 5.75 Å². The van der Waals surface area contributed by atoms with Crippen LogP contribution in [-0.2, 0) is 17.2 Å². The van der Waals surface area contributed by atoms with E-state index in [1.165, 1.54) is 46.3 Å². The molecule has 0 radical (unpaired) electrons. The molecule has 1 atom stereocenters. The van der Waals surface area contributed by atoms with E-state index in [0.717, 1.165) is 78.0 Å². The number of nitrogens with zero attached hydrogens (tertiary/aromatic N) is 4. The lowest BCUT2D eigenvalue weighted by atomic mass is 9.70. The predicted molar refractivity (Wildman–Crippen MR) is 282 cm³/mol. The van der Waals surface area contributed by atoms with E-state index in [1.807, 2.05) is 43.4 Å². The second-order valence-corrected chi connectivity index (χ2v) is 19.3. The van der Waals surface area contributed by atoms with Gasteiger partial charge in [0.1, 0.15) is 12.4 Å². The van der Waals surface area contributed by atoms with Crippen molar-refractivity contribution in [1.29, 1.82) is 0 Å². The number of likely N-dealkylation sites (N-methyl/N-ethyl adjacent to an activating group) is 1. The summed E-state index contributed by atoms with van der Waals surface area (Å²) in [4.78, 5) is 4.43. The van der Waals surface area contributed by atoms with Crippen LogP contribution < -0.4 is 19.1 Å². The Kier molecular flexibility index (Phi) is 16.4. The third-order valence-electron chi connectivity index (χ3n) is 12.3. The maximum Gasteiger partial charge on any atom is 0.540 e. The lowest BCUT2D eigenvalue weighted by Gasteiger charge is -2.33. The van der Waals surface area contributed by atoms with E-state index in [-0.39, 0.29) is 5.41 Å². The maximum absolute atomic E-state index is 6.15. The number of ether oxygens (including phenoxy) is 1. The highest BCUT2D eigenvalue weighted by Crippen LogP contribution is 2.54. The lowest BCUT2D eigenvalue weighted by Crippen LogP contribution is -2.28. The normalized spacial score (nSPS) is 12.3. The van der Waals surface area contributed by atoms with Crippen molar-refractivity contribution < 1.29 is 9.26 Å². The molecule has 6 aromatic carbocycles. The van der Waals surface area contributed by atoms with Gasteiger partial charge in [-0.3, -0.25) is 4.52 Å². The second-order valence-electron chi connectivity index (χ2n) is 17.2. The molecule has 8 heteroatoms. The largest absolute Gasteiger partial charge is 0.540 e. The van der Waals surface area contributed by atoms with Gasteiger partial charge in [-0.2, -0.15) is 0 Å². The van der Waals surface area contributed by atoms with Crippen LogP contribution in [0.15, 0.2) is 139 Å². The minimum Gasteiger partial charge on any atom is -0.492 e. The Balaban J connectivity index is 0.986. The van der Waals surface area contributed by atoms with Crippen molar-refractivity contribution in [3.05, 3.63) is 178 Å². The standard InChI is InChI=1S/C58H62N4O2PS/c1-8-11-37-58(38-12-9-2)56-41-47(19-17-45-21-27-50(28-22-45)60(5)6)25-35-54(56)55-36-26-48(42-57(55)58)20-18-46-23-29-51(30-24-46)62(10-3)39-40-63-52-31-33-53(34-32-52)64-65(66)61(7)59-43-49-15-13-44(4)14-16-49/h13-16,21-36,41-43H,8-12,37-40H2,1-7H3/q+1. The molecule has 0 spiro atoms. The quantitative estimate of drug-likeness (QED) is 0.0370. The van der Waals surface area contributed by atoms with Crippen molar-refractivity contribution in [3.8, 4) is 46.3 Å². The smallest absolute Gasteiger partial charge is 0.492 e. The van der Waals surface area contributed by atoms with Gasteiger partial charge in [0, 0.05) is 59.7 Å². The first-order valence-electron chi connectivity index (χ1n) is 23.3. The number of unbranched alkanes of at least 4 members (excludes halogenated alkanes) is 2. The lowest BCUT2D eigenvalue weighted by molar-refractivity contribution is 0.324. The fourth-order valence-electron chi connectivity index (χ4n) is 8.49. The van der Waals surface area contributed by atoms with Crippen LogP contribution in [0.1, 0.15) is 104 Å². The zero-order valence-corrected chi connectivity index (χ0v) is 41.3. The van der Waals surface area contributed by atoms with Crippen LogP contribution in [0.25, 0.3) is 11.1 Å². The number of fused-ring (bicyclic) bond motifs is 3. The molecule has 0 bridgehead atoms. The van der Waals surface area contributed by atoms with Gasteiger partial charge in [-0.15, -0.1) is 5.10 Å². The zero-order valence-electron chi connectivity index (χ0n) is 39.6. The number of rotatable bonds is 18. The summed E-state index contributed by atoms with van der Waals surface area (Å²) in [5, 5.41) is 4.47. The Morgan fingerprint density at radius 1 is 0.621 bits per heavy atom. The van der Waals surface area contributed by atoms with Crippen molar-refractivity contribution in [2.45, 2.75) is 71.6 Å². The predicted octanol–water partition coefficient (Wildman–Crippen LogP) is 13.5. The van der Waals surface area contributed by atoms with Gasteiger partial charge >= 0.3 is 7.07 Å². The molecule has 1 aliphatic carbocycles. The van der Waals surface area contributed by atoms with Crippen molar-refractivity contribution in [3.63, 3.8) is 0 Å². The maximum atomic E-state index is 6.15. The molecule has 0 heterocycles. The molecule has 1 unspecified atom stereocenters. The van der Waals surface area contributed by atoms with Crippen LogP contribution in [0.2, 0.25) is 0 Å². The highest BCUT2D eigenvalue weighted by Gasteiger charge is 2.42. The summed E-state index contributed by atoms with van der Waals surface area (Å²) in [6.45, 7) is 11.0. The van der Waals surface area contributed by atoms with E-state index in [2.05, 4.69) is 177 Å². The number of hydrazone groups is 1. The second kappa shape index (κ2) is 22.7. The monoisotopic (exact) mass is 909 g/mol. The average Bonchev–Trinajstić information content (AvgIpc) is 3.60. The van der Waals surface area contributed by atoms with Gasteiger partial charge in [-0.1, -0.05) is 110 Å². The number of benzene rings is 6. The molecular weight excluding hydrogens is 848 g/mol. The number of hydrogen-bond acceptors (Lipinski definition) is 6. The first-order valence-corrected chi connectivity index (χ1v) is 25.5. The number of aryl methyl sites for hydroxylation is 1. The van der Waals surface area contributed by atoms with Crippen LogP contribution >= 0.6 is 7.07 Å². The minimum absolute atomic E-state index is 0.0582. The minimum atomic E-state index is -1.36. The number of hydrogen-bond donors (Lipinski definition) is 0. The van der Waals surface area contributed by atoms with Gasteiger partial charge in [-0.05, 0) is 152 Å². The van der Waals surface area contributed by atoms with E-state index in [0.29, 0.717) is 12.4 Å². The first-order chi connectivity index (χ1) is 32.1. The van der Waals surface area contributed by atoms with Crippen molar-refractivity contribution in [1.82, 2.24) is 4.78 Å². The molecule has 6 nitrogen and oxygen atoms in total. The number of anilines is 2. The topological polar surface area (TPSA) is 40.5 Å². The summed E-state index contributed by atoms with van der Waals surface area (Å²) in [6.07, 6.45) is 8.69. The summed E-state index contributed by atoms with van der Waals surface area (Å²) < 4.78 is 13.8. The van der Waals surface area contributed by atoms with Crippen LogP contribution in [0, 0.1) is 30.6 Å². The summed E-state index contributed by atoms with van der Waals surface area (Å²) in [6, 6.07) is 46.6. The van der Waals surface area contributed by atoms with E-state index in [4.69, 9.17) is 21.1 Å². The summed E-state index contributed by atoms with van der Waals surface area (Å²) in [5.74, 6) is 15.4. The Bertz CT molecular complexity index is 2740. The van der Waals surface area contributed by atoms with Gasteiger partial charge < -0.3 is 14.5 Å². The molecule has 0 aliphatic heterocycles. The first kappa shape index (κ1) is 47.6. The van der Waals surface area contributed by atoms with E-state index in [9.17, 15) is 0 Å². The molecule has 0 saturated heterocycles. The molecule has 0 N–H and O–H groups in total. The third kappa shape index (κ3) is 11.9. The van der Waals surface area contributed by atoms with Crippen molar-refractivity contribution in [2.24, 2.45) is 5.10 Å². The summed E-state index contributed by atoms with van der Waals surface area (Å²) in [7, 11) is 4.59. The SMILES string of the molecule is CCCCC1(CCCC)c2cc(C#Cc3ccc(N(C)C)cc3)ccc2-c2ccc(C#Cc3ccc(N(CC)CCOc4ccc(O[P+](=S)N(C)N=Cc5ccc(C)cc5)cc4)cc3)cc21. The molecule has 6 aromatic rings. The molecule has 0 saturated carbocycles. The van der Waals surface area contributed by atoms with Gasteiger partial charge in [0.2, 0.25) is 11.8 Å². The van der Waals surface area contributed by atoms with E-state index in [1.54, 1.807) is 11.0 Å². The van der Waals surface area contributed by atoms with E-state index >= 15 is 0 Å². The summed E-state index contributed by atoms with van der Waals surface area (Å²) in [5.41, 5.74) is 14.1. The average molecular weight is 910 g/mol. The van der Waals surface area contributed by atoms with Crippen LogP contribution in [-0.4, -0.2) is 51.8 Å². The Labute approximate surface area is 400 Å². The molecule has 0 aromatic heterocycles. The molecule has 7 rings (SSSR count). The molecular formula is C58H62N4O2PS+. The van der Waals surface area contributed by atoms with E-state index < -0.39 is 7.07 Å². The Morgan fingerprint density at radius 2 is 1.12 bits per heavy atom. The van der Waals surface area contributed by atoms with Gasteiger partial charge in [0.05, 0.1) is 19.8 Å². The zero-order chi connectivity index (χ0) is 46.5. The molecule has 0 fully saturated rings. The van der Waals surface area contributed by atoms with Crippen LogP contribution in [0.4, 0.5) is 11.4 Å². The molecule has 66 heavy (non-hydrogen) atoms. The highest BCUT2D eigenvalue weighted by atomic mass is 32.4. The Morgan fingerprint density at radius 3 is 1.64 bits per heavy atom. The fourth-order valence-corrected chi connectivity index (χ4v) is 9.43. The molecule has 0 amide bonds. The molecule has 1 aliphatic rings. The third-order valence-corrected chi connectivity index (χ3v) is 14.2. The van der Waals surface area contributed by atoms with Crippen LogP contribution in [0.3, 0.4) is 0 Å². The van der Waals surface area contributed by atoms with Crippen molar-refractivity contribution >= 4 is 36.5 Å². The van der Waals surface area contributed by atoms with Gasteiger partial charge in [-0.25, -0.2) is 0 Å². The summed E-state index contributed by atoms with van der Waals surface area (Å²) >= 11 is 5.60.